The molecule has 3 aromatic rings. The minimum absolute atomic E-state index is 0.241. The fraction of sp³-hybridized carbons (Fsp3) is 0.182. The molecule has 0 aliphatic carbocycles. The fourth-order valence-electron chi connectivity index (χ4n) is 2.84. The highest BCUT2D eigenvalue weighted by Gasteiger charge is 2.11. The highest BCUT2D eigenvalue weighted by Crippen LogP contribution is 2.18. The van der Waals surface area contributed by atoms with Gasteiger partial charge in [0.05, 0.1) is 12.2 Å². The molecular weight excluding hydrogens is 368 g/mol. The van der Waals surface area contributed by atoms with Crippen molar-refractivity contribution in [3.05, 3.63) is 77.2 Å². The van der Waals surface area contributed by atoms with Gasteiger partial charge in [-0.2, -0.15) is 0 Å². The molecule has 0 spiro atoms. The van der Waals surface area contributed by atoms with Gasteiger partial charge in [-0.25, -0.2) is 14.8 Å². The van der Waals surface area contributed by atoms with E-state index in [1.54, 1.807) is 37.3 Å². The minimum atomic E-state index is -0.369. The Balaban J connectivity index is 1.70. The van der Waals surface area contributed by atoms with Gasteiger partial charge in [0, 0.05) is 17.4 Å². The largest absolute Gasteiger partial charge is 0.462 e. The first kappa shape index (κ1) is 20.0. The second-order valence-corrected chi connectivity index (χ2v) is 6.54. The fourth-order valence-corrected chi connectivity index (χ4v) is 2.84. The molecule has 29 heavy (non-hydrogen) atoms. The Morgan fingerprint density at radius 3 is 2.28 bits per heavy atom. The van der Waals surface area contributed by atoms with Gasteiger partial charge < -0.3 is 15.4 Å². The molecule has 0 radical (unpaired) electrons. The molecule has 0 atom stereocenters. The van der Waals surface area contributed by atoms with Crippen LogP contribution in [0.2, 0.25) is 0 Å². The number of nitrogens with one attached hydrogen (secondary N) is 2. The predicted molar refractivity (Wildman–Crippen MR) is 112 cm³/mol. The SMILES string of the molecule is CCOC(=O)c1ccc(Nc2cc(C(=O)Nc3cc(C)cc(C)c3)ncn2)cc1. The number of anilines is 3. The van der Waals surface area contributed by atoms with Gasteiger partial charge in [-0.1, -0.05) is 6.07 Å². The molecule has 1 aromatic heterocycles. The smallest absolute Gasteiger partial charge is 0.338 e. The summed E-state index contributed by atoms with van der Waals surface area (Å²) in [4.78, 5) is 32.5. The lowest BCUT2D eigenvalue weighted by molar-refractivity contribution is 0.0526. The molecule has 7 nitrogen and oxygen atoms in total. The Kier molecular flexibility index (Phi) is 6.19. The van der Waals surface area contributed by atoms with E-state index in [0.29, 0.717) is 18.0 Å². The van der Waals surface area contributed by atoms with Crippen molar-refractivity contribution in [3.8, 4) is 0 Å². The average Bonchev–Trinajstić information content (AvgIpc) is 2.68. The lowest BCUT2D eigenvalue weighted by Crippen LogP contribution is -2.14. The van der Waals surface area contributed by atoms with Gasteiger partial charge in [-0.15, -0.1) is 0 Å². The van der Waals surface area contributed by atoms with Crippen LogP contribution in [0.15, 0.2) is 54.9 Å². The number of amides is 1. The van der Waals surface area contributed by atoms with Gasteiger partial charge in [-0.3, -0.25) is 4.79 Å². The van der Waals surface area contributed by atoms with E-state index in [-0.39, 0.29) is 17.6 Å². The van der Waals surface area contributed by atoms with Gasteiger partial charge in [0.1, 0.15) is 17.8 Å². The maximum Gasteiger partial charge on any atom is 0.338 e. The molecular formula is C22H22N4O3. The predicted octanol–water partition coefficient (Wildman–Crippen LogP) is 4.27. The topological polar surface area (TPSA) is 93.2 Å². The van der Waals surface area contributed by atoms with Crippen molar-refractivity contribution in [2.45, 2.75) is 20.8 Å². The van der Waals surface area contributed by atoms with Crippen LogP contribution in [0.25, 0.3) is 0 Å². The zero-order valence-electron chi connectivity index (χ0n) is 16.5. The Labute approximate surface area is 169 Å². The van der Waals surface area contributed by atoms with Crippen LogP contribution in [0, 0.1) is 13.8 Å². The van der Waals surface area contributed by atoms with Crippen molar-refractivity contribution in [2.75, 3.05) is 17.2 Å². The number of ether oxygens (including phenoxy) is 1. The van der Waals surface area contributed by atoms with E-state index in [9.17, 15) is 9.59 Å². The maximum absolute atomic E-state index is 12.5. The molecule has 0 aliphatic rings. The molecule has 2 aromatic carbocycles. The van der Waals surface area contributed by atoms with Crippen molar-refractivity contribution in [1.29, 1.82) is 0 Å². The van der Waals surface area contributed by atoms with Gasteiger partial charge in [0.15, 0.2) is 0 Å². The van der Waals surface area contributed by atoms with Crippen LogP contribution in [0.5, 0.6) is 0 Å². The summed E-state index contributed by atoms with van der Waals surface area (Å²) in [6.45, 7) is 6.04. The highest BCUT2D eigenvalue weighted by molar-refractivity contribution is 6.03. The number of aromatic nitrogens is 2. The molecule has 1 amide bonds. The number of carbonyl (C=O) groups is 2. The second-order valence-electron chi connectivity index (χ2n) is 6.54. The number of hydrogen-bond acceptors (Lipinski definition) is 6. The summed E-state index contributed by atoms with van der Waals surface area (Å²) < 4.78 is 4.97. The molecule has 7 heteroatoms. The zero-order valence-corrected chi connectivity index (χ0v) is 16.5. The Hall–Kier alpha value is -3.74. The molecule has 2 N–H and O–H groups in total. The highest BCUT2D eigenvalue weighted by atomic mass is 16.5. The van der Waals surface area contributed by atoms with Crippen molar-refractivity contribution < 1.29 is 14.3 Å². The number of carbonyl (C=O) groups excluding carboxylic acids is 2. The quantitative estimate of drug-likeness (QED) is 0.611. The Morgan fingerprint density at radius 1 is 0.931 bits per heavy atom. The summed E-state index contributed by atoms with van der Waals surface area (Å²) in [5.74, 6) is -0.223. The third kappa shape index (κ3) is 5.38. The van der Waals surface area contributed by atoms with Gasteiger partial charge in [0.2, 0.25) is 0 Å². The van der Waals surface area contributed by atoms with Crippen LogP contribution in [0.1, 0.15) is 38.9 Å². The lowest BCUT2D eigenvalue weighted by atomic mass is 10.1. The summed E-state index contributed by atoms with van der Waals surface area (Å²) in [5, 5.41) is 5.95. The summed E-state index contributed by atoms with van der Waals surface area (Å²) in [5.41, 5.74) is 4.28. The van der Waals surface area contributed by atoms with Crippen molar-refractivity contribution in [2.24, 2.45) is 0 Å². The normalized spacial score (nSPS) is 10.3. The molecule has 1 heterocycles. The van der Waals surface area contributed by atoms with E-state index in [1.807, 2.05) is 32.0 Å². The van der Waals surface area contributed by atoms with E-state index in [4.69, 9.17) is 4.74 Å². The van der Waals surface area contributed by atoms with E-state index in [0.717, 1.165) is 22.5 Å². The molecule has 0 unspecified atom stereocenters. The first-order chi connectivity index (χ1) is 13.9. The van der Waals surface area contributed by atoms with Crippen molar-refractivity contribution in [3.63, 3.8) is 0 Å². The minimum Gasteiger partial charge on any atom is -0.462 e. The van der Waals surface area contributed by atoms with Crippen LogP contribution in [0.3, 0.4) is 0 Å². The molecule has 148 valence electrons. The number of esters is 1. The molecule has 3 rings (SSSR count). The van der Waals surface area contributed by atoms with Crippen LogP contribution < -0.4 is 10.6 Å². The third-order valence-electron chi connectivity index (χ3n) is 4.05. The summed E-state index contributed by atoms with van der Waals surface area (Å²) in [6.07, 6.45) is 1.33. The van der Waals surface area contributed by atoms with E-state index < -0.39 is 0 Å². The van der Waals surface area contributed by atoms with Crippen LogP contribution >= 0.6 is 0 Å². The molecule has 0 saturated carbocycles. The van der Waals surface area contributed by atoms with E-state index in [2.05, 4.69) is 20.6 Å². The molecule has 0 aliphatic heterocycles. The van der Waals surface area contributed by atoms with Gasteiger partial charge >= 0.3 is 5.97 Å². The number of rotatable bonds is 6. The van der Waals surface area contributed by atoms with Gasteiger partial charge in [0.25, 0.3) is 5.91 Å². The number of aryl methyl sites for hydroxylation is 2. The summed E-state index contributed by atoms with van der Waals surface area (Å²) >= 11 is 0. The zero-order chi connectivity index (χ0) is 20.8. The number of nitrogens with zero attached hydrogens (tertiary/aromatic N) is 2. The maximum atomic E-state index is 12.5. The second kappa shape index (κ2) is 8.97. The van der Waals surface area contributed by atoms with Crippen LogP contribution in [-0.4, -0.2) is 28.5 Å². The third-order valence-corrected chi connectivity index (χ3v) is 4.05. The van der Waals surface area contributed by atoms with Gasteiger partial charge in [-0.05, 0) is 68.3 Å². The first-order valence-corrected chi connectivity index (χ1v) is 9.20. The Morgan fingerprint density at radius 2 is 1.62 bits per heavy atom. The van der Waals surface area contributed by atoms with Crippen molar-refractivity contribution in [1.82, 2.24) is 9.97 Å². The monoisotopic (exact) mass is 390 g/mol. The van der Waals surface area contributed by atoms with Crippen molar-refractivity contribution >= 4 is 29.1 Å². The number of benzene rings is 2. The van der Waals surface area contributed by atoms with Crippen LogP contribution in [-0.2, 0) is 4.74 Å². The lowest BCUT2D eigenvalue weighted by Gasteiger charge is -2.09. The van der Waals surface area contributed by atoms with E-state index in [1.165, 1.54) is 6.33 Å². The molecule has 0 bridgehead atoms. The van der Waals surface area contributed by atoms with E-state index >= 15 is 0 Å². The standard InChI is InChI=1S/C22H22N4O3/c1-4-29-22(28)16-5-7-17(8-6-16)25-20-12-19(23-13-24-20)21(27)26-18-10-14(2)9-15(3)11-18/h5-13H,4H2,1-3H3,(H,26,27)(H,23,24,25). The average molecular weight is 390 g/mol. The summed E-state index contributed by atoms with van der Waals surface area (Å²) in [7, 11) is 0. The number of hydrogen-bond donors (Lipinski definition) is 2. The Bertz CT molecular complexity index is 1010. The molecule has 0 fully saturated rings. The first-order valence-electron chi connectivity index (χ1n) is 9.20. The summed E-state index contributed by atoms with van der Waals surface area (Å²) in [6, 6.07) is 14.2. The molecule has 0 saturated heterocycles. The van der Waals surface area contributed by atoms with Crippen LogP contribution in [0.4, 0.5) is 17.2 Å².